The van der Waals surface area contributed by atoms with Crippen molar-refractivity contribution < 1.29 is 13.9 Å². The topological polar surface area (TPSA) is 69.2 Å². The average Bonchev–Trinajstić information content (AvgIpc) is 2.55. The summed E-state index contributed by atoms with van der Waals surface area (Å²) in [6.07, 6.45) is 2.10. The van der Waals surface area contributed by atoms with Crippen molar-refractivity contribution in [2.24, 2.45) is 0 Å². The molecule has 3 heterocycles. The zero-order valence-corrected chi connectivity index (χ0v) is 13.1. The Hall–Kier alpha value is -2.28. The molecule has 0 bridgehead atoms. The Morgan fingerprint density at radius 1 is 1.22 bits per heavy atom. The smallest absolute Gasteiger partial charge is 0.229 e. The first kappa shape index (κ1) is 15.6. The van der Waals surface area contributed by atoms with Gasteiger partial charge in [-0.2, -0.15) is 0 Å². The van der Waals surface area contributed by atoms with Crippen LogP contribution in [0.5, 0.6) is 17.5 Å². The average molecular weight is 318 g/mol. The van der Waals surface area contributed by atoms with Gasteiger partial charge in [0.25, 0.3) is 0 Å². The number of rotatable bonds is 4. The zero-order chi connectivity index (χ0) is 16.2. The SMILES string of the molecule is Cc1ncccc1Oc1ncnc(OC2CCNCC2F)c1C. The highest BCUT2D eigenvalue weighted by atomic mass is 19.1. The summed E-state index contributed by atoms with van der Waals surface area (Å²) in [4.78, 5) is 12.4. The molecule has 0 aliphatic carbocycles. The summed E-state index contributed by atoms with van der Waals surface area (Å²) < 4.78 is 25.4. The molecule has 122 valence electrons. The van der Waals surface area contributed by atoms with Crippen molar-refractivity contribution in [1.29, 1.82) is 0 Å². The minimum atomic E-state index is -1.05. The van der Waals surface area contributed by atoms with Crippen molar-refractivity contribution in [3.63, 3.8) is 0 Å². The van der Waals surface area contributed by atoms with Crippen molar-refractivity contribution in [2.45, 2.75) is 32.5 Å². The van der Waals surface area contributed by atoms with Gasteiger partial charge in [0.2, 0.25) is 11.8 Å². The van der Waals surface area contributed by atoms with Gasteiger partial charge in [-0.15, -0.1) is 0 Å². The lowest BCUT2D eigenvalue weighted by atomic mass is 10.1. The van der Waals surface area contributed by atoms with Crippen molar-refractivity contribution in [3.05, 3.63) is 35.9 Å². The number of hydrogen-bond acceptors (Lipinski definition) is 6. The second-order valence-corrected chi connectivity index (χ2v) is 5.46. The van der Waals surface area contributed by atoms with Gasteiger partial charge in [0.1, 0.15) is 18.6 Å². The van der Waals surface area contributed by atoms with Crippen LogP contribution in [-0.2, 0) is 0 Å². The number of halogens is 1. The van der Waals surface area contributed by atoms with Crippen LogP contribution in [0.2, 0.25) is 0 Å². The fourth-order valence-electron chi connectivity index (χ4n) is 2.39. The van der Waals surface area contributed by atoms with E-state index in [0.717, 1.165) is 12.2 Å². The summed E-state index contributed by atoms with van der Waals surface area (Å²) in [5, 5.41) is 3.00. The molecule has 2 atom stereocenters. The summed E-state index contributed by atoms with van der Waals surface area (Å²) in [6.45, 7) is 4.68. The van der Waals surface area contributed by atoms with E-state index in [-0.39, 0.29) is 0 Å². The number of ether oxygens (including phenoxy) is 2. The Morgan fingerprint density at radius 3 is 2.83 bits per heavy atom. The van der Waals surface area contributed by atoms with E-state index in [0.29, 0.717) is 36.0 Å². The minimum Gasteiger partial charge on any atom is -0.471 e. The quantitative estimate of drug-likeness (QED) is 0.933. The minimum absolute atomic E-state index is 0.299. The van der Waals surface area contributed by atoms with Crippen LogP contribution in [0.3, 0.4) is 0 Å². The van der Waals surface area contributed by atoms with E-state index >= 15 is 0 Å². The third-order valence-electron chi connectivity index (χ3n) is 3.77. The van der Waals surface area contributed by atoms with Crippen molar-refractivity contribution in [1.82, 2.24) is 20.3 Å². The molecule has 2 aromatic rings. The number of hydrogen-bond donors (Lipinski definition) is 1. The Morgan fingerprint density at radius 2 is 2.04 bits per heavy atom. The molecule has 1 fully saturated rings. The van der Waals surface area contributed by atoms with Gasteiger partial charge in [-0.1, -0.05) is 0 Å². The lowest BCUT2D eigenvalue weighted by molar-refractivity contribution is 0.0683. The van der Waals surface area contributed by atoms with Crippen molar-refractivity contribution in [3.8, 4) is 17.5 Å². The first-order valence-electron chi connectivity index (χ1n) is 7.57. The molecule has 7 heteroatoms. The van der Waals surface area contributed by atoms with Crippen LogP contribution in [0, 0.1) is 13.8 Å². The number of nitrogens with zero attached hydrogens (tertiary/aromatic N) is 3. The first-order chi connectivity index (χ1) is 11.1. The highest BCUT2D eigenvalue weighted by molar-refractivity contribution is 5.37. The van der Waals surface area contributed by atoms with Gasteiger partial charge in [-0.25, -0.2) is 14.4 Å². The summed E-state index contributed by atoms with van der Waals surface area (Å²) in [7, 11) is 0. The number of alkyl halides is 1. The lowest BCUT2D eigenvalue weighted by Gasteiger charge is -2.27. The standard InChI is InChI=1S/C16H19FN4O2/c1-10-15(22-13-4-3-6-19-11(13)2)20-9-21-16(10)23-14-5-7-18-8-12(14)17/h3-4,6,9,12,14,18H,5,7-8H2,1-2H3. The van der Waals surface area contributed by atoms with Crippen LogP contribution in [-0.4, -0.2) is 40.3 Å². The van der Waals surface area contributed by atoms with Crippen molar-refractivity contribution >= 4 is 0 Å². The Bertz CT molecular complexity index is 683. The van der Waals surface area contributed by atoms with Gasteiger partial charge in [0.15, 0.2) is 5.75 Å². The largest absolute Gasteiger partial charge is 0.471 e. The molecule has 0 radical (unpaired) electrons. The fraction of sp³-hybridized carbons (Fsp3) is 0.438. The van der Waals surface area contributed by atoms with E-state index in [1.807, 2.05) is 13.0 Å². The van der Waals surface area contributed by atoms with E-state index in [4.69, 9.17) is 9.47 Å². The van der Waals surface area contributed by atoms with Crippen LogP contribution in [0.25, 0.3) is 0 Å². The van der Waals surface area contributed by atoms with Crippen LogP contribution >= 0.6 is 0 Å². The van der Waals surface area contributed by atoms with Crippen LogP contribution in [0.15, 0.2) is 24.7 Å². The van der Waals surface area contributed by atoms with Gasteiger partial charge >= 0.3 is 0 Å². The molecule has 23 heavy (non-hydrogen) atoms. The third kappa shape index (κ3) is 3.56. The van der Waals surface area contributed by atoms with Crippen molar-refractivity contribution in [2.75, 3.05) is 13.1 Å². The predicted octanol–water partition coefficient (Wildman–Crippen LogP) is 2.36. The monoisotopic (exact) mass is 318 g/mol. The van der Waals surface area contributed by atoms with Gasteiger partial charge in [-0.3, -0.25) is 4.98 Å². The molecule has 0 aromatic carbocycles. The second kappa shape index (κ2) is 6.87. The summed E-state index contributed by atoms with van der Waals surface area (Å²) in [6, 6.07) is 3.60. The van der Waals surface area contributed by atoms with E-state index < -0.39 is 12.3 Å². The highest BCUT2D eigenvalue weighted by Gasteiger charge is 2.27. The molecule has 1 aliphatic heterocycles. The van der Waals surface area contributed by atoms with Gasteiger partial charge in [-0.05, 0) is 38.9 Å². The molecule has 2 aromatic heterocycles. The number of piperidine rings is 1. The molecule has 0 saturated carbocycles. The zero-order valence-electron chi connectivity index (χ0n) is 13.1. The fourth-order valence-corrected chi connectivity index (χ4v) is 2.39. The Balaban J connectivity index is 1.79. The number of pyridine rings is 1. The van der Waals surface area contributed by atoms with Crippen LogP contribution < -0.4 is 14.8 Å². The molecule has 3 rings (SSSR count). The predicted molar refractivity (Wildman–Crippen MR) is 82.6 cm³/mol. The Labute approximate surface area is 134 Å². The van der Waals surface area contributed by atoms with E-state index in [1.165, 1.54) is 6.33 Å². The maximum absolute atomic E-state index is 13.9. The maximum atomic E-state index is 13.9. The first-order valence-corrected chi connectivity index (χ1v) is 7.57. The van der Waals surface area contributed by atoms with E-state index in [2.05, 4.69) is 20.3 Å². The summed E-state index contributed by atoms with van der Waals surface area (Å²) in [5.41, 5.74) is 1.40. The molecule has 1 N–H and O–H groups in total. The molecule has 1 aliphatic rings. The second-order valence-electron chi connectivity index (χ2n) is 5.46. The number of nitrogens with one attached hydrogen (secondary N) is 1. The van der Waals surface area contributed by atoms with Gasteiger partial charge < -0.3 is 14.8 Å². The molecular formula is C16H19FN4O2. The molecule has 1 saturated heterocycles. The number of aryl methyl sites for hydroxylation is 1. The Kier molecular flexibility index (Phi) is 4.66. The molecular weight excluding hydrogens is 299 g/mol. The molecule has 0 spiro atoms. The normalized spacial score (nSPS) is 21.0. The van der Waals surface area contributed by atoms with E-state index in [1.54, 1.807) is 19.2 Å². The third-order valence-corrected chi connectivity index (χ3v) is 3.77. The number of aromatic nitrogens is 3. The highest BCUT2D eigenvalue weighted by Crippen LogP contribution is 2.29. The summed E-state index contributed by atoms with van der Waals surface area (Å²) >= 11 is 0. The van der Waals surface area contributed by atoms with Gasteiger partial charge in [0, 0.05) is 12.7 Å². The van der Waals surface area contributed by atoms with Crippen LogP contribution in [0.1, 0.15) is 17.7 Å². The van der Waals surface area contributed by atoms with E-state index in [9.17, 15) is 4.39 Å². The van der Waals surface area contributed by atoms with Crippen LogP contribution in [0.4, 0.5) is 4.39 Å². The molecule has 2 unspecified atom stereocenters. The lowest BCUT2D eigenvalue weighted by Crippen LogP contribution is -2.44. The maximum Gasteiger partial charge on any atom is 0.229 e. The molecule has 6 nitrogen and oxygen atoms in total. The summed E-state index contributed by atoms with van der Waals surface area (Å²) in [5.74, 6) is 1.35. The van der Waals surface area contributed by atoms with Gasteiger partial charge in [0.05, 0.1) is 11.3 Å². The molecule has 0 amide bonds.